The fourth-order valence-electron chi connectivity index (χ4n) is 2.38. The van der Waals surface area contributed by atoms with Crippen LogP contribution < -0.4 is 4.74 Å². The molecule has 1 amide bonds. The first-order chi connectivity index (χ1) is 9.69. The first-order valence-corrected chi connectivity index (χ1v) is 7.39. The quantitative estimate of drug-likeness (QED) is 0.787. The summed E-state index contributed by atoms with van der Waals surface area (Å²) >= 11 is 0. The van der Waals surface area contributed by atoms with Crippen LogP contribution in [0.15, 0.2) is 30.3 Å². The predicted octanol–water partition coefficient (Wildman–Crippen LogP) is 3.36. The highest BCUT2D eigenvalue weighted by atomic mass is 16.5. The van der Waals surface area contributed by atoms with Crippen molar-refractivity contribution in [3.8, 4) is 5.75 Å². The van der Waals surface area contributed by atoms with Crippen molar-refractivity contribution in [2.24, 2.45) is 5.92 Å². The summed E-state index contributed by atoms with van der Waals surface area (Å²) in [5.74, 6) is 1.69. The van der Waals surface area contributed by atoms with Gasteiger partial charge in [0.15, 0.2) is 0 Å². The number of benzene rings is 1. The molecule has 1 fully saturated rings. The van der Waals surface area contributed by atoms with E-state index in [0.717, 1.165) is 43.2 Å². The van der Waals surface area contributed by atoms with E-state index in [0.29, 0.717) is 6.61 Å². The van der Waals surface area contributed by atoms with Gasteiger partial charge in [0.1, 0.15) is 5.75 Å². The lowest BCUT2D eigenvalue weighted by Crippen LogP contribution is -2.36. The monoisotopic (exact) mass is 273 g/mol. The number of likely N-dealkylation sites (tertiary alicyclic amines) is 1. The number of carbonyl (C=O) groups is 1. The number of nitrogens with zero attached hydrogens (tertiary/aromatic N) is 1. The topological polar surface area (TPSA) is 29.5 Å². The Morgan fingerprint density at radius 2 is 2.15 bits per heavy atom. The van der Waals surface area contributed by atoms with Gasteiger partial charge >= 0.3 is 0 Å². The molecule has 0 spiro atoms. The third-order valence-electron chi connectivity index (χ3n) is 3.68. The Morgan fingerprint density at radius 3 is 2.85 bits per heavy atom. The summed E-state index contributed by atoms with van der Waals surface area (Å²) in [6.07, 6.45) is 5.75. The number of ether oxygens (including phenoxy) is 1. The van der Waals surface area contributed by atoms with Crippen LogP contribution in [0, 0.1) is 5.92 Å². The van der Waals surface area contributed by atoms with E-state index >= 15 is 0 Å². The number of amides is 1. The number of carbonyl (C=O) groups excluding carboxylic acids is 1. The fraction of sp³-hybridized carbons (Fsp3) is 0.471. The maximum absolute atomic E-state index is 12.1. The van der Waals surface area contributed by atoms with E-state index in [2.05, 4.69) is 6.92 Å². The molecule has 0 bridgehead atoms. The van der Waals surface area contributed by atoms with Gasteiger partial charge in [-0.25, -0.2) is 0 Å². The van der Waals surface area contributed by atoms with E-state index in [9.17, 15) is 4.79 Å². The van der Waals surface area contributed by atoms with Crippen LogP contribution >= 0.6 is 0 Å². The third kappa shape index (κ3) is 4.12. The van der Waals surface area contributed by atoms with Crippen molar-refractivity contribution in [3.05, 3.63) is 35.9 Å². The lowest BCUT2D eigenvalue weighted by molar-refractivity contribution is -0.127. The molecule has 0 aromatic heterocycles. The molecular formula is C17H23NO2. The van der Waals surface area contributed by atoms with Gasteiger partial charge in [0.25, 0.3) is 0 Å². The average molecular weight is 273 g/mol. The van der Waals surface area contributed by atoms with Crippen LogP contribution in [0.25, 0.3) is 6.08 Å². The van der Waals surface area contributed by atoms with Crippen LogP contribution in [-0.2, 0) is 4.79 Å². The molecule has 0 atom stereocenters. The van der Waals surface area contributed by atoms with Gasteiger partial charge in [0.2, 0.25) is 5.91 Å². The largest absolute Gasteiger partial charge is 0.494 e. The lowest BCUT2D eigenvalue weighted by Gasteiger charge is -2.29. The summed E-state index contributed by atoms with van der Waals surface area (Å²) in [7, 11) is 0. The maximum atomic E-state index is 12.1. The summed E-state index contributed by atoms with van der Waals surface area (Å²) in [6.45, 7) is 6.62. The molecule has 108 valence electrons. The fourth-order valence-corrected chi connectivity index (χ4v) is 2.38. The molecule has 0 radical (unpaired) electrons. The van der Waals surface area contributed by atoms with E-state index in [1.54, 1.807) is 6.08 Å². The van der Waals surface area contributed by atoms with Gasteiger partial charge in [-0.1, -0.05) is 19.1 Å². The Bertz CT molecular complexity index is 474. The van der Waals surface area contributed by atoms with Crippen LogP contribution in [0.2, 0.25) is 0 Å². The van der Waals surface area contributed by atoms with Crippen molar-refractivity contribution in [3.63, 3.8) is 0 Å². The summed E-state index contributed by atoms with van der Waals surface area (Å²) in [5.41, 5.74) is 0.995. The number of piperidine rings is 1. The molecular weight excluding hydrogens is 250 g/mol. The van der Waals surface area contributed by atoms with E-state index in [-0.39, 0.29) is 5.91 Å². The Labute approximate surface area is 121 Å². The molecule has 0 unspecified atom stereocenters. The molecule has 0 saturated carbocycles. The first kappa shape index (κ1) is 14.6. The van der Waals surface area contributed by atoms with Crippen LogP contribution in [0.1, 0.15) is 32.3 Å². The van der Waals surface area contributed by atoms with Crippen LogP contribution in [0.4, 0.5) is 0 Å². The Kier molecular flexibility index (Phi) is 5.22. The van der Waals surface area contributed by atoms with Gasteiger partial charge in [-0.05, 0) is 49.5 Å². The predicted molar refractivity (Wildman–Crippen MR) is 81.6 cm³/mol. The normalized spacial score (nSPS) is 16.6. The van der Waals surface area contributed by atoms with Crippen molar-refractivity contribution in [2.75, 3.05) is 19.7 Å². The molecule has 1 aromatic carbocycles. The van der Waals surface area contributed by atoms with Gasteiger partial charge < -0.3 is 9.64 Å². The van der Waals surface area contributed by atoms with E-state index in [4.69, 9.17) is 4.74 Å². The molecule has 20 heavy (non-hydrogen) atoms. The number of hydrogen-bond donors (Lipinski definition) is 0. The Balaban J connectivity index is 1.94. The molecule has 2 rings (SSSR count). The molecule has 1 saturated heterocycles. The second-order valence-corrected chi connectivity index (χ2v) is 5.35. The molecule has 0 N–H and O–H groups in total. The second kappa shape index (κ2) is 7.13. The minimum atomic E-state index is 0.110. The maximum Gasteiger partial charge on any atom is 0.246 e. The minimum Gasteiger partial charge on any atom is -0.494 e. The Hall–Kier alpha value is -1.77. The zero-order valence-electron chi connectivity index (χ0n) is 12.3. The lowest BCUT2D eigenvalue weighted by atomic mass is 9.99. The summed E-state index contributed by atoms with van der Waals surface area (Å²) in [4.78, 5) is 14.0. The van der Waals surface area contributed by atoms with Crippen molar-refractivity contribution < 1.29 is 9.53 Å². The van der Waals surface area contributed by atoms with Crippen molar-refractivity contribution >= 4 is 12.0 Å². The average Bonchev–Trinajstić information content (AvgIpc) is 2.46. The van der Waals surface area contributed by atoms with E-state index < -0.39 is 0 Å². The second-order valence-electron chi connectivity index (χ2n) is 5.35. The van der Waals surface area contributed by atoms with Crippen molar-refractivity contribution in [2.45, 2.75) is 26.7 Å². The molecule has 3 heteroatoms. The van der Waals surface area contributed by atoms with Crippen LogP contribution in [0.5, 0.6) is 5.75 Å². The standard InChI is InChI=1S/C17H23NO2/c1-3-20-16-6-4-5-15(13-16)7-8-17(19)18-11-9-14(2)10-12-18/h4-8,13-14H,3,9-12H2,1-2H3/b8-7+. The van der Waals surface area contributed by atoms with Gasteiger partial charge in [0.05, 0.1) is 6.61 Å². The summed E-state index contributed by atoms with van der Waals surface area (Å²) < 4.78 is 5.45. The highest BCUT2D eigenvalue weighted by Gasteiger charge is 2.18. The van der Waals surface area contributed by atoms with Gasteiger partial charge in [0, 0.05) is 19.2 Å². The smallest absolute Gasteiger partial charge is 0.246 e. The highest BCUT2D eigenvalue weighted by molar-refractivity contribution is 5.91. The zero-order valence-corrected chi connectivity index (χ0v) is 12.3. The third-order valence-corrected chi connectivity index (χ3v) is 3.68. The van der Waals surface area contributed by atoms with Gasteiger partial charge in [-0.3, -0.25) is 4.79 Å². The summed E-state index contributed by atoms with van der Waals surface area (Å²) in [5, 5.41) is 0. The molecule has 1 heterocycles. The molecule has 0 aliphatic carbocycles. The number of hydrogen-bond acceptors (Lipinski definition) is 2. The molecule has 1 aliphatic rings. The van der Waals surface area contributed by atoms with Crippen molar-refractivity contribution in [1.82, 2.24) is 4.90 Å². The molecule has 3 nitrogen and oxygen atoms in total. The van der Waals surface area contributed by atoms with E-state index in [1.165, 1.54) is 0 Å². The SMILES string of the molecule is CCOc1cccc(/C=C/C(=O)N2CCC(C)CC2)c1. The van der Waals surface area contributed by atoms with Crippen LogP contribution in [0.3, 0.4) is 0 Å². The zero-order chi connectivity index (χ0) is 14.4. The highest BCUT2D eigenvalue weighted by Crippen LogP contribution is 2.17. The first-order valence-electron chi connectivity index (χ1n) is 7.39. The van der Waals surface area contributed by atoms with Gasteiger partial charge in [-0.15, -0.1) is 0 Å². The minimum absolute atomic E-state index is 0.110. The van der Waals surface area contributed by atoms with Gasteiger partial charge in [-0.2, -0.15) is 0 Å². The molecule has 1 aliphatic heterocycles. The van der Waals surface area contributed by atoms with Crippen LogP contribution in [-0.4, -0.2) is 30.5 Å². The summed E-state index contributed by atoms with van der Waals surface area (Å²) in [6, 6.07) is 7.79. The number of rotatable bonds is 4. The molecule has 1 aromatic rings. The Morgan fingerprint density at radius 1 is 1.40 bits per heavy atom. The van der Waals surface area contributed by atoms with Crippen molar-refractivity contribution in [1.29, 1.82) is 0 Å². The van der Waals surface area contributed by atoms with E-state index in [1.807, 2.05) is 42.2 Å².